The average Bonchev–Trinajstić information content (AvgIpc) is 2.80. The molecule has 1 fully saturated rings. The Hall–Kier alpha value is -2.65. The molecule has 0 saturated carbocycles. The van der Waals surface area contributed by atoms with Gasteiger partial charge in [0, 0.05) is 37.3 Å². The van der Waals surface area contributed by atoms with Crippen molar-refractivity contribution in [1.29, 1.82) is 0 Å². The Morgan fingerprint density at radius 1 is 0.886 bits per heavy atom. The minimum atomic E-state index is -0.658. The van der Waals surface area contributed by atoms with E-state index in [4.69, 9.17) is 4.74 Å². The Balaban J connectivity index is 0.00000216. The third kappa shape index (κ3) is 6.13. The summed E-state index contributed by atoms with van der Waals surface area (Å²) in [4.78, 5) is 42.9. The Kier molecular flexibility index (Phi) is 10.1. The van der Waals surface area contributed by atoms with E-state index in [1.165, 1.54) is 24.3 Å². The first kappa shape index (κ1) is 28.6. The second kappa shape index (κ2) is 12.4. The number of halogens is 2. The number of nitrogens with zero attached hydrogens (tertiary/aromatic N) is 2. The number of phenols is 2. The largest absolute Gasteiger partial charge is 0.507 e. The summed E-state index contributed by atoms with van der Waals surface area (Å²) < 4.78 is 5.32. The Morgan fingerprint density at radius 2 is 1.57 bits per heavy atom. The number of hydrogen-bond donors (Lipinski definition) is 2. The normalized spacial score (nSPS) is 15.5. The molecule has 2 aromatic carbocycles. The lowest BCUT2D eigenvalue weighted by atomic mass is 9.82. The van der Waals surface area contributed by atoms with Gasteiger partial charge in [-0.15, -0.1) is 24.8 Å². The van der Waals surface area contributed by atoms with Crippen molar-refractivity contribution in [2.45, 2.75) is 19.3 Å². The van der Waals surface area contributed by atoms with Crippen molar-refractivity contribution in [3.63, 3.8) is 0 Å². The van der Waals surface area contributed by atoms with Crippen molar-refractivity contribution < 1.29 is 29.3 Å². The average molecular weight is 525 g/mol. The number of fused-ring (bicyclic) bond motifs is 2. The van der Waals surface area contributed by atoms with Gasteiger partial charge < -0.3 is 24.7 Å². The van der Waals surface area contributed by atoms with Crippen molar-refractivity contribution in [3.8, 4) is 11.5 Å². The molecule has 0 radical (unpaired) electrons. The van der Waals surface area contributed by atoms with Gasteiger partial charge in [-0.3, -0.25) is 9.59 Å². The molecule has 35 heavy (non-hydrogen) atoms. The third-order valence-corrected chi connectivity index (χ3v) is 6.29. The van der Waals surface area contributed by atoms with E-state index in [2.05, 4.69) is 16.8 Å². The molecule has 0 aromatic heterocycles. The SMILES string of the molecule is CN1CCN(CCCCCOC(=O)c2cc(O)c3c(c2)C(=O)c2cccc(O)c2C3=O)CC1.Cl.Cl. The molecule has 2 N–H and O–H groups in total. The standard InChI is InChI=1S/C25H28N2O6.2ClH/c1-26-9-11-27(12-10-26)8-3-2-4-13-33-25(32)16-14-18-22(20(29)15-16)24(31)21-17(23(18)30)6-5-7-19(21)28;;/h5-7,14-15,28-29H,2-4,8-13H2,1H3;2*1H. The first-order valence-electron chi connectivity index (χ1n) is 11.2. The molecule has 2 aromatic rings. The summed E-state index contributed by atoms with van der Waals surface area (Å²) in [6.45, 7) is 5.62. The monoisotopic (exact) mass is 524 g/mol. The van der Waals surface area contributed by atoms with E-state index in [0.717, 1.165) is 58.1 Å². The molecule has 2 aliphatic rings. The van der Waals surface area contributed by atoms with Crippen molar-refractivity contribution >= 4 is 42.3 Å². The number of ketones is 2. The summed E-state index contributed by atoms with van der Waals surface area (Å²) in [5.41, 5.74) is -0.380. The van der Waals surface area contributed by atoms with Crippen molar-refractivity contribution in [2.75, 3.05) is 46.4 Å². The number of esters is 1. The maximum atomic E-state index is 12.9. The van der Waals surface area contributed by atoms with Gasteiger partial charge in [-0.1, -0.05) is 12.1 Å². The number of ether oxygens (including phenoxy) is 1. The molecule has 0 bridgehead atoms. The zero-order chi connectivity index (χ0) is 23.5. The fourth-order valence-corrected chi connectivity index (χ4v) is 4.33. The van der Waals surface area contributed by atoms with Gasteiger partial charge in [-0.05, 0) is 51.1 Å². The zero-order valence-electron chi connectivity index (χ0n) is 19.5. The first-order valence-corrected chi connectivity index (χ1v) is 11.2. The quantitative estimate of drug-likeness (QED) is 0.358. The number of carbonyl (C=O) groups is 3. The van der Waals surface area contributed by atoms with Crippen LogP contribution in [-0.4, -0.2) is 83.9 Å². The highest BCUT2D eigenvalue weighted by Crippen LogP contribution is 2.37. The molecule has 1 aliphatic heterocycles. The molecule has 1 aliphatic carbocycles. The number of aromatic hydroxyl groups is 2. The van der Waals surface area contributed by atoms with Crippen LogP contribution in [0, 0.1) is 0 Å². The molecule has 4 rings (SSSR count). The highest BCUT2D eigenvalue weighted by Gasteiger charge is 2.35. The Bertz CT molecular complexity index is 1100. The van der Waals surface area contributed by atoms with Crippen LogP contribution >= 0.6 is 24.8 Å². The van der Waals surface area contributed by atoms with Gasteiger partial charge in [0.15, 0.2) is 5.78 Å². The van der Waals surface area contributed by atoms with Crippen molar-refractivity contribution in [3.05, 3.63) is 58.1 Å². The van der Waals surface area contributed by atoms with Crippen LogP contribution in [0.4, 0.5) is 0 Å². The van der Waals surface area contributed by atoms with Crippen LogP contribution in [0.15, 0.2) is 30.3 Å². The van der Waals surface area contributed by atoms with E-state index in [1.807, 2.05) is 0 Å². The van der Waals surface area contributed by atoms with Gasteiger partial charge in [0.2, 0.25) is 5.78 Å². The molecule has 190 valence electrons. The minimum Gasteiger partial charge on any atom is -0.507 e. The summed E-state index contributed by atoms with van der Waals surface area (Å²) in [5.74, 6) is -2.67. The number of carbonyl (C=O) groups excluding carboxylic acids is 3. The molecule has 8 nitrogen and oxygen atoms in total. The zero-order valence-corrected chi connectivity index (χ0v) is 21.1. The molecule has 0 unspecified atom stereocenters. The molecule has 1 heterocycles. The van der Waals surface area contributed by atoms with Gasteiger partial charge in [0.05, 0.1) is 23.3 Å². The van der Waals surface area contributed by atoms with Crippen LogP contribution in [0.2, 0.25) is 0 Å². The Morgan fingerprint density at radius 3 is 2.29 bits per heavy atom. The van der Waals surface area contributed by atoms with Gasteiger partial charge in [0.1, 0.15) is 11.5 Å². The fraction of sp³-hybridized carbons (Fsp3) is 0.400. The molecular formula is C25H30Cl2N2O6. The van der Waals surface area contributed by atoms with E-state index in [9.17, 15) is 24.6 Å². The van der Waals surface area contributed by atoms with Crippen molar-refractivity contribution in [2.24, 2.45) is 0 Å². The van der Waals surface area contributed by atoms with E-state index >= 15 is 0 Å². The number of hydrogen-bond acceptors (Lipinski definition) is 8. The first-order chi connectivity index (χ1) is 15.9. The molecule has 0 atom stereocenters. The number of unbranched alkanes of at least 4 members (excludes halogenated alkanes) is 2. The van der Waals surface area contributed by atoms with Gasteiger partial charge in [0.25, 0.3) is 0 Å². The lowest BCUT2D eigenvalue weighted by molar-refractivity contribution is 0.0495. The Labute approximate surface area is 216 Å². The number of rotatable bonds is 7. The van der Waals surface area contributed by atoms with E-state index in [0.29, 0.717) is 0 Å². The number of benzene rings is 2. The summed E-state index contributed by atoms with van der Waals surface area (Å²) in [5, 5.41) is 20.4. The van der Waals surface area contributed by atoms with E-state index in [1.54, 1.807) is 0 Å². The lowest BCUT2D eigenvalue weighted by Gasteiger charge is -2.32. The van der Waals surface area contributed by atoms with Crippen LogP contribution in [0.5, 0.6) is 11.5 Å². The topological polar surface area (TPSA) is 107 Å². The van der Waals surface area contributed by atoms with Gasteiger partial charge >= 0.3 is 5.97 Å². The second-order valence-electron chi connectivity index (χ2n) is 8.62. The number of likely N-dealkylation sites (N-methyl/N-ethyl adjacent to an activating group) is 1. The van der Waals surface area contributed by atoms with Gasteiger partial charge in [-0.2, -0.15) is 0 Å². The van der Waals surface area contributed by atoms with Crippen LogP contribution in [0.1, 0.15) is 61.5 Å². The predicted octanol–water partition coefficient (Wildman–Crippen LogP) is 3.29. The summed E-state index contributed by atoms with van der Waals surface area (Å²) in [7, 11) is 2.13. The minimum absolute atomic E-state index is 0. The second-order valence-corrected chi connectivity index (χ2v) is 8.62. The van der Waals surface area contributed by atoms with E-state index in [-0.39, 0.29) is 65.0 Å². The summed E-state index contributed by atoms with van der Waals surface area (Å²) in [6, 6.07) is 6.61. The summed E-state index contributed by atoms with van der Waals surface area (Å²) in [6.07, 6.45) is 2.69. The highest BCUT2D eigenvalue weighted by molar-refractivity contribution is 6.30. The molecule has 10 heteroatoms. The number of phenolic OH excluding ortho intramolecular Hbond substituents is 2. The molecule has 1 saturated heterocycles. The number of piperazine rings is 1. The predicted molar refractivity (Wildman–Crippen MR) is 136 cm³/mol. The third-order valence-electron chi connectivity index (χ3n) is 6.29. The van der Waals surface area contributed by atoms with Crippen LogP contribution < -0.4 is 0 Å². The van der Waals surface area contributed by atoms with Gasteiger partial charge in [-0.25, -0.2) is 4.79 Å². The summed E-state index contributed by atoms with van der Waals surface area (Å²) >= 11 is 0. The lowest BCUT2D eigenvalue weighted by Crippen LogP contribution is -2.44. The van der Waals surface area contributed by atoms with E-state index < -0.39 is 23.3 Å². The van der Waals surface area contributed by atoms with Crippen LogP contribution in [0.3, 0.4) is 0 Å². The maximum absolute atomic E-state index is 12.9. The van der Waals surface area contributed by atoms with Crippen LogP contribution in [-0.2, 0) is 4.74 Å². The smallest absolute Gasteiger partial charge is 0.338 e. The van der Waals surface area contributed by atoms with Crippen molar-refractivity contribution in [1.82, 2.24) is 9.80 Å². The fourth-order valence-electron chi connectivity index (χ4n) is 4.33. The highest BCUT2D eigenvalue weighted by atomic mass is 35.5. The van der Waals surface area contributed by atoms with Crippen LogP contribution in [0.25, 0.3) is 0 Å². The molecular weight excluding hydrogens is 495 g/mol. The molecule has 0 spiro atoms. The molecule has 0 amide bonds. The maximum Gasteiger partial charge on any atom is 0.338 e.